The second-order valence-corrected chi connectivity index (χ2v) is 10.4. The van der Waals surface area contributed by atoms with Gasteiger partial charge in [0.15, 0.2) is 0 Å². The summed E-state index contributed by atoms with van der Waals surface area (Å²) < 4.78 is 0. The Kier molecular flexibility index (Phi) is 5.56. The quantitative estimate of drug-likeness (QED) is 0.443. The van der Waals surface area contributed by atoms with E-state index in [0.29, 0.717) is 5.92 Å². The summed E-state index contributed by atoms with van der Waals surface area (Å²) in [6.45, 7) is 13.9. The number of allylic oxidation sites excluding steroid dienone is 3. The first-order valence-corrected chi connectivity index (χ1v) is 11.8. The maximum absolute atomic E-state index is 4.61. The van der Waals surface area contributed by atoms with Crippen molar-refractivity contribution in [2.45, 2.75) is 77.0 Å². The lowest BCUT2D eigenvalue weighted by atomic mass is 9.42. The summed E-state index contributed by atoms with van der Waals surface area (Å²) in [5.74, 6) is 0.645. The van der Waals surface area contributed by atoms with Crippen LogP contribution >= 0.6 is 0 Å². The summed E-state index contributed by atoms with van der Waals surface area (Å²) in [6.07, 6.45) is 9.78. The predicted molar refractivity (Wildman–Crippen MR) is 130 cm³/mol. The average molecular weight is 399 g/mol. The van der Waals surface area contributed by atoms with Gasteiger partial charge in [-0.15, -0.1) is 0 Å². The number of hydrogen-bond acceptors (Lipinski definition) is 0. The molecule has 2 aromatic rings. The Labute approximate surface area is 184 Å². The van der Waals surface area contributed by atoms with E-state index < -0.39 is 0 Å². The number of rotatable bonds is 5. The van der Waals surface area contributed by atoms with Crippen molar-refractivity contribution >= 4 is 0 Å². The third kappa shape index (κ3) is 3.39. The largest absolute Gasteiger partial charge is 0.0996 e. The van der Waals surface area contributed by atoms with Crippen molar-refractivity contribution in [1.29, 1.82) is 0 Å². The van der Waals surface area contributed by atoms with Crippen LogP contribution in [0.4, 0.5) is 0 Å². The van der Waals surface area contributed by atoms with Crippen LogP contribution in [0.2, 0.25) is 0 Å². The van der Waals surface area contributed by atoms with Crippen molar-refractivity contribution < 1.29 is 0 Å². The Morgan fingerprint density at radius 3 is 2.03 bits per heavy atom. The van der Waals surface area contributed by atoms with Gasteiger partial charge in [0.05, 0.1) is 0 Å². The molecule has 0 aliphatic heterocycles. The van der Waals surface area contributed by atoms with Crippen LogP contribution in [0.15, 0.2) is 84.5 Å². The molecule has 0 amide bonds. The normalized spacial score (nSPS) is 33.9. The predicted octanol–water partition coefficient (Wildman–Crippen LogP) is 8.40. The minimum Gasteiger partial charge on any atom is -0.0996 e. The molecule has 4 rings (SSSR count). The van der Waals surface area contributed by atoms with Crippen molar-refractivity contribution in [3.05, 3.63) is 95.6 Å². The van der Waals surface area contributed by atoms with Gasteiger partial charge < -0.3 is 0 Å². The van der Waals surface area contributed by atoms with Gasteiger partial charge in [0.2, 0.25) is 0 Å². The summed E-state index contributed by atoms with van der Waals surface area (Å²) in [5, 5.41) is 0. The van der Waals surface area contributed by atoms with Crippen molar-refractivity contribution in [2.75, 3.05) is 0 Å². The third-order valence-corrected chi connectivity index (χ3v) is 8.76. The van der Waals surface area contributed by atoms with Gasteiger partial charge in [-0.2, -0.15) is 0 Å². The van der Waals surface area contributed by atoms with Crippen LogP contribution in [0.3, 0.4) is 0 Å². The molecule has 4 unspecified atom stereocenters. The van der Waals surface area contributed by atoms with Gasteiger partial charge >= 0.3 is 0 Å². The Bertz CT molecular complexity index is 921. The Balaban J connectivity index is 1.93. The maximum atomic E-state index is 4.61. The van der Waals surface area contributed by atoms with Gasteiger partial charge in [-0.1, -0.05) is 91.4 Å². The molecule has 2 aliphatic rings. The summed E-state index contributed by atoms with van der Waals surface area (Å²) in [6, 6.07) is 22.8. The Morgan fingerprint density at radius 1 is 0.900 bits per heavy atom. The molecule has 0 aromatic heterocycles. The van der Waals surface area contributed by atoms with Crippen molar-refractivity contribution in [3.8, 4) is 0 Å². The van der Waals surface area contributed by atoms with E-state index in [2.05, 4.69) is 101 Å². The van der Waals surface area contributed by atoms with Gasteiger partial charge in [0.1, 0.15) is 0 Å². The molecule has 0 heterocycles. The van der Waals surface area contributed by atoms with Crippen LogP contribution in [0, 0.1) is 11.3 Å². The Hall–Kier alpha value is -2.08. The lowest BCUT2D eigenvalue weighted by molar-refractivity contribution is 0.00118. The maximum Gasteiger partial charge on any atom is -0.00245 e. The van der Waals surface area contributed by atoms with Crippen LogP contribution in [0.1, 0.15) is 77.3 Å². The molecule has 2 aliphatic carbocycles. The summed E-state index contributed by atoms with van der Waals surface area (Å²) in [7, 11) is 0. The molecule has 0 N–H and O–H groups in total. The molecule has 30 heavy (non-hydrogen) atoms. The third-order valence-electron chi connectivity index (χ3n) is 8.76. The lowest BCUT2D eigenvalue weighted by Gasteiger charge is -2.62. The fourth-order valence-electron chi connectivity index (χ4n) is 7.03. The highest BCUT2D eigenvalue weighted by Gasteiger charge is 2.59. The highest BCUT2D eigenvalue weighted by atomic mass is 14.6. The fourth-order valence-corrected chi connectivity index (χ4v) is 7.03. The van der Waals surface area contributed by atoms with Crippen LogP contribution < -0.4 is 0 Å². The molecule has 0 saturated heterocycles. The van der Waals surface area contributed by atoms with Crippen LogP contribution in [-0.2, 0) is 10.8 Å². The minimum absolute atomic E-state index is 0.202. The topological polar surface area (TPSA) is 0 Å². The smallest absolute Gasteiger partial charge is 0.00245 e. The summed E-state index contributed by atoms with van der Waals surface area (Å²) in [5.41, 5.74) is 6.64. The number of benzene rings is 2. The van der Waals surface area contributed by atoms with Gasteiger partial charge in [-0.25, -0.2) is 0 Å². The van der Waals surface area contributed by atoms with Crippen molar-refractivity contribution in [2.24, 2.45) is 11.3 Å². The van der Waals surface area contributed by atoms with E-state index in [-0.39, 0.29) is 16.2 Å². The van der Waals surface area contributed by atoms with Crippen LogP contribution in [0.5, 0.6) is 0 Å². The lowest BCUT2D eigenvalue weighted by Crippen LogP contribution is -2.55. The molecule has 158 valence electrons. The molecule has 0 nitrogen and oxygen atoms in total. The first kappa shape index (κ1) is 21.2. The van der Waals surface area contributed by atoms with E-state index in [9.17, 15) is 0 Å². The zero-order valence-corrected chi connectivity index (χ0v) is 19.4. The zero-order valence-electron chi connectivity index (χ0n) is 19.4. The highest BCUT2D eigenvalue weighted by molar-refractivity contribution is 5.39. The van der Waals surface area contributed by atoms with E-state index in [1.807, 2.05) is 0 Å². The van der Waals surface area contributed by atoms with Crippen LogP contribution in [-0.4, -0.2) is 0 Å². The first-order chi connectivity index (χ1) is 14.4. The molecule has 0 spiro atoms. The molecule has 0 radical (unpaired) electrons. The monoisotopic (exact) mass is 398 g/mol. The van der Waals surface area contributed by atoms with Gasteiger partial charge in [-0.3, -0.25) is 0 Å². The molecule has 4 atom stereocenters. The highest BCUT2D eigenvalue weighted by Crippen LogP contribution is 2.67. The summed E-state index contributed by atoms with van der Waals surface area (Å²) in [4.78, 5) is 0. The van der Waals surface area contributed by atoms with Crippen molar-refractivity contribution in [1.82, 2.24) is 0 Å². The molecule has 2 bridgehead atoms. The van der Waals surface area contributed by atoms with Gasteiger partial charge in [0, 0.05) is 0 Å². The number of fused-ring (bicyclic) bond motifs is 2. The second-order valence-electron chi connectivity index (χ2n) is 10.4. The fraction of sp³-hybridized carbons (Fsp3) is 0.467. The van der Waals surface area contributed by atoms with Crippen molar-refractivity contribution in [3.63, 3.8) is 0 Å². The Morgan fingerprint density at radius 2 is 1.50 bits per heavy atom. The minimum atomic E-state index is 0.202. The SMILES string of the molecule is C=C(C)C12CC(/C(C)=C/C)CC(c3ccccc3)(C1)CC(CC)(c1ccccc1)C2. The standard InChI is InChI=1S/C30H38/c1-6-24(5)25-18-29(23(3)4)20-28(7-2,26-14-10-8-11-15-26)21-30(19-25,22-29)27-16-12-9-13-17-27/h6,8-17,25H,3,7,18-22H2,1-2,4-5H3/b24-6+. The van der Waals surface area contributed by atoms with E-state index in [1.165, 1.54) is 55.2 Å². The van der Waals surface area contributed by atoms with Crippen LogP contribution in [0.25, 0.3) is 0 Å². The molecule has 2 fully saturated rings. The first-order valence-electron chi connectivity index (χ1n) is 11.8. The van der Waals surface area contributed by atoms with E-state index >= 15 is 0 Å². The summed E-state index contributed by atoms with van der Waals surface area (Å²) >= 11 is 0. The molecule has 0 heteroatoms. The number of hydrogen-bond donors (Lipinski definition) is 0. The molecule has 2 aromatic carbocycles. The second kappa shape index (κ2) is 7.88. The molecular weight excluding hydrogens is 360 g/mol. The van der Waals surface area contributed by atoms with E-state index in [0.717, 1.165) is 0 Å². The van der Waals surface area contributed by atoms with Gasteiger partial charge in [0.25, 0.3) is 0 Å². The zero-order chi connectivity index (χ0) is 21.4. The molecule has 2 saturated carbocycles. The average Bonchev–Trinajstić information content (AvgIpc) is 2.78. The molecular formula is C30H38. The van der Waals surface area contributed by atoms with E-state index in [4.69, 9.17) is 0 Å². The van der Waals surface area contributed by atoms with E-state index in [1.54, 1.807) is 5.57 Å². The van der Waals surface area contributed by atoms with Gasteiger partial charge in [-0.05, 0) is 92.6 Å².